The van der Waals surface area contributed by atoms with Crippen LogP contribution in [0.1, 0.15) is 37.4 Å². The van der Waals surface area contributed by atoms with Gasteiger partial charge in [-0.2, -0.15) is 0 Å². The largest absolute Gasteiger partial charge is 0.481 e. The molecule has 3 nitrogen and oxygen atoms in total. The summed E-state index contributed by atoms with van der Waals surface area (Å²) in [4.78, 5) is 11.4. The molecule has 92 valence electrons. The highest BCUT2D eigenvalue weighted by atomic mass is 35.5. The molecule has 17 heavy (non-hydrogen) atoms. The first-order valence-electron chi connectivity index (χ1n) is 5.73. The van der Waals surface area contributed by atoms with Crippen molar-refractivity contribution in [1.29, 1.82) is 0 Å². The molecule has 0 saturated heterocycles. The Kier molecular flexibility index (Phi) is 3.40. The third kappa shape index (κ3) is 2.17. The maximum Gasteiger partial charge on any atom is 0.312 e. The van der Waals surface area contributed by atoms with E-state index in [0.29, 0.717) is 23.4 Å². The number of benzene rings is 1. The fourth-order valence-electron chi connectivity index (χ4n) is 2.57. The minimum Gasteiger partial charge on any atom is -0.481 e. The Labute approximate surface area is 105 Å². The molecule has 1 fully saturated rings. The molecule has 0 aromatic heterocycles. The lowest BCUT2D eigenvalue weighted by Crippen LogP contribution is -2.34. The lowest BCUT2D eigenvalue weighted by molar-refractivity contribution is -0.156. The van der Waals surface area contributed by atoms with Crippen LogP contribution >= 0.6 is 11.6 Å². The van der Waals surface area contributed by atoms with Gasteiger partial charge in [0.15, 0.2) is 0 Å². The van der Waals surface area contributed by atoms with Crippen molar-refractivity contribution < 1.29 is 15.0 Å². The first-order valence-corrected chi connectivity index (χ1v) is 6.11. The van der Waals surface area contributed by atoms with Gasteiger partial charge < -0.3 is 10.2 Å². The predicted molar refractivity (Wildman–Crippen MR) is 64.9 cm³/mol. The number of aliphatic hydroxyl groups excluding tert-OH is 1. The Balaban J connectivity index is 2.31. The summed E-state index contributed by atoms with van der Waals surface area (Å²) in [7, 11) is 0. The molecular weight excluding hydrogens is 240 g/mol. The lowest BCUT2D eigenvalue weighted by Gasteiger charge is -2.30. The summed E-state index contributed by atoms with van der Waals surface area (Å²) >= 11 is 5.78. The van der Waals surface area contributed by atoms with Crippen molar-refractivity contribution in [2.45, 2.75) is 31.8 Å². The molecule has 2 N–H and O–H groups in total. The van der Waals surface area contributed by atoms with Crippen molar-refractivity contribution in [2.75, 3.05) is 0 Å². The summed E-state index contributed by atoms with van der Waals surface area (Å²) in [5.41, 5.74) is -0.396. The van der Waals surface area contributed by atoms with E-state index < -0.39 is 17.5 Å². The molecule has 1 aromatic carbocycles. The van der Waals surface area contributed by atoms with E-state index >= 15 is 0 Å². The lowest BCUT2D eigenvalue weighted by atomic mass is 9.77. The van der Waals surface area contributed by atoms with Gasteiger partial charge in [-0.15, -0.1) is 0 Å². The van der Waals surface area contributed by atoms with Crippen LogP contribution in [0.2, 0.25) is 5.02 Å². The van der Waals surface area contributed by atoms with Gasteiger partial charge in [0.25, 0.3) is 0 Å². The molecule has 1 saturated carbocycles. The van der Waals surface area contributed by atoms with Crippen LogP contribution in [0.4, 0.5) is 0 Å². The van der Waals surface area contributed by atoms with Gasteiger partial charge in [-0.1, -0.05) is 36.6 Å². The van der Waals surface area contributed by atoms with Crippen molar-refractivity contribution in [3.05, 3.63) is 34.9 Å². The third-order valence-corrected chi connectivity index (χ3v) is 3.88. The smallest absolute Gasteiger partial charge is 0.312 e. The summed E-state index contributed by atoms with van der Waals surface area (Å²) in [5.74, 6) is -0.905. The zero-order valence-electron chi connectivity index (χ0n) is 9.40. The molecular formula is C13H15ClO3. The molecule has 1 aliphatic rings. The van der Waals surface area contributed by atoms with E-state index in [2.05, 4.69) is 0 Å². The maximum absolute atomic E-state index is 11.4. The fourth-order valence-corrected chi connectivity index (χ4v) is 2.70. The molecule has 0 amide bonds. The second kappa shape index (κ2) is 4.67. The minimum atomic E-state index is -1.02. The molecule has 1 aromatic rings. The molecule has 0 bridgehead atoms. The molecule has 0 spiro atoms. The Hall–Kier alpha value is -1.06. The van der Waals surface area contributed by atoms with E-state index in [0.717, 1.165) is 12.8 Å². The maximum atomic E-state index is 11.4. The number of carboxylic acid groups (broad SMARTS) is 1. The van der Waals surface area contributed by atoms with Gasteiger partial charge >= 0.3 is 5.97 Å². The number of carbonyl (C=O) groups is 1. The molecule has 1 atom stereocenters. The van der Waals surface area contributed by atoms with E-state index in [1.54, 1.807) is 24.3 Å². The van der Waals surface area contributed by atoms with Crippen LogP contribution in [0.5, 0.6) is 0 Å². The molecule has 0 radical (unpaired) electrons. The number of carboxylic acids is 1. The molecule has 0 unspecified atom stereocenters. The van der Waals surface area contributed by atoms with Gasteiger partial charge in [0, 0.05) is 5.02 Å². The van der Waals surface area contributed by atoms with Crippen LogP contribution in [0.3, 0.4) is 0 Å². The number of rotatable bonds is 3. The fraction of sp³-hybridized carbons (Fsp3) is 0.462. The van der Waals surface area contributed by atoms with Crippen LogP contribution in [-0.2, 0) is 4.79 Å². The summed E-state index contributed by atoms with van der Waals surface area (Å²) in [6.07, 6.45) is 1.83. The van der Waals surface area contributed by atoms with Crippen molar-refractivity contribution in [2.24, 2.45) is 5.41 Å². The van der Waals surface area contributed by atoms with Gasteiger partial charge in [-0.05, 0) is 30.5 Å². The molecule has 0 aliphatic heterocycles. The van der Waals surface area contributed by atoms with E-state index in [1.807, 2.05) is 0 Å². The Bertz CT molecular complexity index is 407. The highest BCUT2D eigenvalue weighted by Gasteiger charge is 2.47. The van der Waals surface area contributed by atoms with Crippen LogP contribution < -0.4 is 0 Å². The van der Waals surface area contributed by atoms with E-state index in [9.17, 15) is 15.0 Å². The number of hydrogen-bond acceptors (Lipinski definition) is 2. The average Bonchev–Trinajstić information content (AvgIpc) is 2.79. The van der Waals surface area contributed by atoms with Crippen LogP contribution in [0.25, 0.3) is 0 Å². The normalized spacial score (nSPS) is 20.1. The zero-order valence-corrected chi connectivity index (χ0v) is 10.2. The second-order valence-corrected chi connectivity index (χ2v) is 5.06. The summed E-state index contributed by atoms with van der Waals surface area (Å²) in [6.45, 7) is 0. The van der Waals surface area contributed by atoms with Gasteiger partial charge in [-0.3, -0.25) is 4.79 Å². The van der Waals surface area contributed by atoms with Crippen LogP contribution in [0, 0.1) is 5.41 Å². The molecule has 1 aliphatic carbocycles. The minimum absolute atomic E-state index is 0.534. The van der Waals surface area contributed by atoms with Gasteiger partial charge in [0.05, 0.1) is 11.5 Å². The van der Waals surface area contributed by atoms with E-state index in [4.69, 9.17) is 11.6 Å². The standard InChI is InChI=1S/C13H15ClO3/c14-10-5-3-9(4-6-10)11(15)13(12(16)17)7-1-2-8-13/h3-6,11,15H,1-2,7-8H2,(H,16,17)/t11-/m1/s1. The Morgan fingerprint density at radius 2 is 1.76 bits per heavy atom. The number of halogens is 1. The van der Waals surface area contributed by atoms with Crippen molar-refractivity contribution in [3.8, 4) is 0 Å². The predicted octanol–water partition coefficient (Wildman–Crippen LogP) is 3.02. The van der Waals surface area contributed by atoms with E-state index in [-0.39, 0.29) is 0 Å². The van der Waals surface area contributed by atoms with Crippen molar-refractivity contribution in [3.63, 3.8) is 0 Å². The van der Waals surface area contributed by atoms with Gasteiger partial charge in [0.1, 0.15) is 0 Å². The quantitative estimate of drug-likeness (QED) is 0.872. The molecule has 2 rings (SSSR count). The molecule has 0 heterocycles. The first kappa shape index (κ1) is 12.4. The van der Waals surface area contributed by atoms with E-state index in [1.165, 1.54) is 0 Å². The van der Waals surface area contributed by atoms with Gasteiger partial charge in [0.2, 0.25) is 0 Å². The molecule has 4 heteroatoms. The van der Waals surface area contributed by atoms with Crippen LogP contribution in [-0.4, -0.2) is 16.2 Å². The Morgan fingerprint density at radius 1 is 1.24 bits per heavy atom. The third-order valence-electron chi connectivity index (χ3n) is 3.63. The second-order valence-electron chi connectivity index (χ2n) is 4.62. The van der Waals surface area contributed by atoms with Crippen molar-refractivity contribution in [1.82, 2.24) is 0 Å². The zero-order chi connectivity index (χ0) is 12.5. The Morgan fingerprint density at radius 3 is 2.24 bits per heavy atom. The number of hydrogen-bond donors (Lipinski definition) is 2. The summed E-state index contributed by atoms with van der Waals surface area (Å²) in [5, 5.41) is 20.3. The van der Waals surface area contributed by atoms with Gasteiger partial charge in [-0.25, -0.2) is 0 Å². The first-order chi connectivity index (χ1) is 8.06. The monoisotopic (exact) mass is 254 g/mol. The summed E-state index contributed by atoms with van der Waals surface area (Å²) in [6, 6.07) is 6.72. The van der Waals surface area contributed by atoms with Crippen LogP contribution in [0.15, 0.2) is 24.3 Å². The topological polar surface area (TPSA) is 57.5 Å². The number of aliphatic carboxylic acids is 1. The number of aliphatic hydroxyl groups is 1. The highest BCUT2D eigenvalue weighted by Crippen LogP contribution is 2.47. The van der Waals surface area contributed by atoms with Crippen molar-refractivity contribution >= 4 is 17.6 Å². The average molecular weight is 255 g/mol. The SMILES string of the molecule is O=C(O)C1([C@H](O)c2ccc(Cl)cc2)CCCC1. The highest BCUT2D eigenvalue weighted by molar-refractivity contribution is 6.30. The summed E-state index contributed by atoms with van der Waals surface area (Å²) < 4.78 is 0.